The van der Waals surface area contributed by atoms with Crippen LogP contribution in [0.2, 0.25) is 0 Å². The molecule has 4 rings (SSSR count). The number of hydrogen-bond donors (Lipinski definition) is 2. The van der Waals surface area contributed by atoms with Gasteiger partial charge in [-0.25, -0.2) is 0 Å². The van der Waals surface area contributed by atoms with Gasteiger partial charge in [-0.2, -0.15) is 0 Å². The van der Waals surface area contributed by atoms with Gasteiger partial charge in [0.1, 0.15) is 16.8 Å². The van der Waals surface area contributed by atoms with Gasteiger partial charge < -0.3 is 19.7 Å². The maximum Gasteiger partial charge on any atom is 0.121 e. The highest BCUT2D eigenvalue weighted by atomic mass is 16.6. The fourth-order valence-electron chi connectivity index (χ4n) is 8.11. The van der Waals surface area contributed by atoms with E-state index in [1.165, 1.54) is 11.1 Å². The van der Waals surface area contributed by atoms with Crippen LogP contribution < -0.4 is 0 Å². The van der Waals surface area contributed by atoms with Gasteiger partial charge in [-0.3, -0.25) is 0 Å². The minimum Gasteiger partial charge on any atom is -0.393 e. The standard InChI is InChI=1S/C40H56O4/c1-29(17-13-19-31(3)21-23-39-36(7,8)27-34(43-39)28-37(39,9)42)15-11-12-16-30(2)18-14-20-32(4)22-24-40-35(5,6)25-33(41)26-38(40,10)44-40/h11-24,33-34,41-42H,25-28H2,1-10H3. The summed E-state index contributed by atoms with van der Waals surface area (Å²) in [6, 6.07) is 0. The molecule has 6 unspecified atom stereocenters. The van der Waals surface area contributed by atoms with Gasteiger partial charge in [0.05, 0.1) is 17.8 Å². The normalized spacial score (nSPS) is 39.2. The van der Waals surface area contributed by atoms with Crippen molar-refractivity contribution in [2.45, 2.75) is 130 Å². The topological polar surface area (TPSA) is 62.2 Å². The molecule has 4 aliphatic rings. The van der Waals surface area contributed by atoms with E-state index in [4.69, 9.17) is 9.47 Å². The van der Waals surface area contributed by atoms with E-state index in [9.17, 15) is 10.2 Å². The lowest BCUT2D eigenvalue weighted by Gasteiger charge is -2.46. The van der Waals surface area contributed by atoms with Crippen molar-refractivity contribution in [2.24, 2.45) is 10.8 Å². The molecule has 2 N–H and O–H groups in total. The van der Waals surface area contributed by atoms with E-state index in [0.717, 1.165) is 24.0 Å². The average molecular weight is 601 g/mol. The Balaban J connectivity index is 1.27. The summed E-state index contributed by atoms with van der Waals surface area (Å²) in [5.41, 5.74) is 2.37. The second kappa shape index (κ2) is 12.4. The lowest BCUT2D eigenvalue weighted by molar-refractivity contribution is -0.115. The summed E-state index contributed by atoms with van der Waals surface area (Å²) in [6.07, 6.45) is 32.4. The molecule has 0 aromatic rings. The molecule has 2 bridgehead atoms. The molecule has 4 nitrogen and oxygen atoms in total. The van der Waals surface area contributed by atoms with Crippen LogP contribution in [0.3, 0.4) is 0 Å². The van der Waals surface area contributed by atoms with Crippen LogP contribution in [0, 0.1) is 10.8 Å². The van der Waals surface area contributed by atoms with Crippen molar-refractivity contribution in [3.8, 4) is 0 Å². The van der Waals surface area contributed by atoms with Gasteiger partial charge in [0.15, 0.2) is 0 Å². The molecule has 3 aliphatic heterocycles. The van der Waals surface area contributed by atoms with Gasteiger partial charge in [0.2, 0.25) is 0 Å². The van der Waals surface area contributed by atoms with Crippen LogP contribution in [0.4, 0.5) is 0 Å². The highest BCUT2D eigenvalue weighted by molar-refractivity contribution is 5.37. The summed E-state index contributed by atoms with van der Waals surface area (Å²) < 4.78 is 12.6. The third-order valence-corrected chi connectivity index (χ3v) is 10.5. The zero-order valence-corrected chi connectivity index (χ0v) is 28.8. The molecule has 3 heterocycles. The second-order valence-electron chi connectivity index (χ2n) is 15.5. The summed E-state index contributed by atoms with van der Waals surface area (Å²) in [5.74, 6) is 0. The van der Waals surface area contributed by atoms with Crippen LogP contribution in [-0.4, -0.2) is 44.8 Å². The number of aliphatic hydroxyl groups is 2. The van der Waals surface area contributed by atoms with E-state index in [1.807, 2.05) is 6.92 Å². The number of ether oxygens (including phenoxy) is 2. The van der Waals surface area contributed by atoms with Crippen LogP contribution in [-0.2, 0) is 9.47 Å². The number of hydrogen-bond acceptors (Lipinski definition) is 4. The first-order valence-corrected chi connectivity index (χ1v) is 16.3. The molecular formula is C40H56O4. The van der Waals surface area contributed by atoms with Crippen LogP contribution >= 0.6 is 0 Å². The first kappa shape index (κ1) is 34.4. The maximum absolute atomic E-state index is 11.1. The molecule has 44 heavy (non-hydrogen) atoms. The van der Waals surface area contributed by atoms with Crippen molar-refractivity contribution in [2.75, 3.05) is 0 Å². The predicted molar refractivity (Wildman–Crippen MR) is 183 cm³/mol. The molecule has 1 saturated carbocycles. The Bertz CT molecular complexity index is 1350. The number of epoxide rings is 1. The fourth-order valence-corrected chi connectivity index (χ4v) is 8.11. The monoisotopic (exact) mass is 600 g/mol. The van der Waals surface area contributed by atoms with E-state index >= 15 is 0 Å². The van der Waals surface area contributed by atoms with Gasteiger partial charge in [0.25, 0.3) is 0 Å². The third kappa shape index (κ3) is 6.70. The molecule has 0 amide bonds. The Morgan fingerprint density at radius 3 is 1.52 bits per heavy atom. The first-order valence-electron chi connectivity index (χ1n) is 16.3. The third-order valence-electron chi connectivity index (χ3n) is 10.5. The van der Waals surface area contributed by atoms with Crippen molar-refractivity contribution < 1.29 is 19.7 Å². The van der Waals surface area contributed by atoms with Gasteiger partial charge in [-0.05, 0) is 66.5 Å². The summed E-state index contributed by atoms with van der Waals surface area (Å²) in [5, 5.41) is 21.3. The average Bonchev–Trinajstić information content (AvgIpc) is 3.30. The van der Waals surface area contributed by atoms with Gasteiger partial charge in [-0.1, -0.05) is 123 Å². The molecular weight excluding hydrogens is 544 g/mol. The molecule has 4 fully saturated rings. The lowest BCUT2D eigenvalue weighted by atomic mass is 9.61. The van der Waals surface area contributed by atoms with Crippen LogP contribution in [0.15, 0.2) is 107 Å². The quantitative estimate of drug-likeness (QED) is 0.194. The molecule has 1 aliphatic carbocycles. The summed E-state index contributed by atoms with van der Waals surface area (Å²) in [4.78, 5) is 0. The summed E-state index contributed by atoms with van der Waals surface area (Å²) >= 11 is 0. The molecule has 0 aromatic carbocycles. The molecule has 6 atom stereocenters. The Labute approximate surface area is 267 Å². The Morgan fingerprint density at radius 1 is 0.591 bits per heavy atom. The van der Waals surface area contributed by atoms with E-state index in [2.05, 4.69) is 147 Å². The summed E-state index contributed by atoms with van der Waals surface area (Å²) in [7, 11) is 0. The molecule has 0 radical (unpaired) electrons. The molecule has 4 heteroatoms. The number of allylic oxidation sites excluding steroid dienone is 16. The van der Waals surface area contributed by atoms with Crippen LogP contribution in [0.25, 0.3) is 0 Å². The van der Waals surface area contributed by atoms with E-state index in [1.54, 1.807) is 0 Å². The minimum atomic E-state index is -0.847. The molecule has 0 aromatic heterocycles. The van der Waals surface area contributed by atoms with Crippen LogP contribution in [0.5, 0.6) is 0 Å². The second-order valence-corrected chi connectivity index (χ2v) is 15.5. The predicted octanol–water partition coefficient (Wildman–Crippen LogP) is 8.97. The SMILES string of the molecule is CC(C=CC=C(C)C=CC12OC(CC1(C)C)CC2(C)O)=CC=CC=C(C)C=CC=C(C)C=CC12OC1(C)CC(O)CC2(C)C. The number of aliphatic hydroxyl groups excluding tert-OH is 1. The van der Waals surface area contributed by atoms with E-state index in [0.29, 0.717) is 12.8 Å². The highest BCUT2D eigenvalue weighted by Crippen LogP contribution is 2.66. The smallest absolute Gasteiger partial charge is 0.121 e. The lowest BCUT2D eigenvalue weighted by Crippen LogP contribution is -2.56. The number of rotatable bonds is 10. The molecule has 240 valence electrons. The van der Waals surface area contributed by atoms with Gasteiger partial charge in [-0.15, -0.1) is 0 Å². The molecule has 0 spiro atoms. The zero-order valence-electron chi connectivity index (χ0n) is 28.8. The fraction of sp³-hybridized carbons (Fsp3) is 0.550. The first-order chi connectivity index (χ1) is 20.4. The van der Waals surface area contributed by atoms with Gasteiger partial charge in [0, 0.05) is 23.7 Å². The maximum atomic E-state index is 11.1. The Kier molecular flexibility index (Phi) is 9.66. The number of fused-ring (bicyclic) bond motifs is 3. The van der Waals surface area contributed by atoms with Crippen molar-refractivity contribution in [3.63, 3.8) is 0 Å². The van der Waals surface area contributed by atoms with Crippen molar-refractivity contribution in [1.82, 2.24) is 0 Å². The Hall–Kier alpha value is -2.50. The zero-order chi connectivity index (χ0) is 32.6. The Morgan fingerprint density at radius 2 is 1.05 bits per heavy atom. The molecule has 3 saturated heterocycles. The summed E-state index contributed by atoms with van der Waals surface area (Å²) in [6.45, 7) is 21.2. The van der Waals surface area contributed by atoms with Gasteiger partial charge >= 0.3 is 0 Å². The highest BCUT2D eigenvalue weighted by Gasteiger charge is 2.74. The largest absolute Gasteiger partial charge is 0.393 e. The van der Waals surface area contributed by atoms with E-state index < -0.39 is 11.2 Å². The van der Waals surface area contributed by atoms with Crippen molar-refractivity contribution >= 4 is 0 Å². The van der Waals surface area contributed by atoms with Crippen molar-refractivity contribution in [3.05, 3.63) is 107 Å². The van der Waals surface area contributed by atoms with Crippen LogP contribution in [0.1, 0.15) is 94.9 Å². The van der Waals surface area contributed by atoms with Crippen molar-refractivity contribution in [1.29, 1.82) is 0 Å². The minimum absolute atomic E-state index is 0.0969. The van der Waals surface area contributed by atoms with E-state index in [-0.39, 0.29) is 34.2 Å².